The van der Waals surface area contributed by atoms with E-state index >= 15 is 0 Å². The van der Waals surface area contributed by atoms with Crippen molar-refractivity contribution in [3.8, 4) is 11.8 Å². The number of rotatable bonds is 3. The fourth-order valence-corrected chi connectivity index (χ4v) is 3.40. The zero-order chi connectivity index (χ0) is 19.1. The van der Waals surface area contributed by atoms with Gasteiger partial charge in [-0.2, -0.15) is 5.26 Å². The van der Waals surface area contributed by atoms with E-state index in [1.54, 1.807) is 24.3 Å². The predicted molar refractivity (Wildman–Crippen MR) is 94.5 cm³/mol. The summed E-state index contributed by atoms with van der Waals surface area (Å²) < 4.78 is 1.41. The lowest BCUT2D eigenvalue weighted by atomic mass is 9.75. The molecular weight excluding hydrogens is 332 g/mol. The summed E-state index contributed by atoms with van der Waals surface area (Å²) in [6, 6.07) is 9.83. The first-order chi connectivity index (χ1) is 12.2. The van der Waals surface area contributed by atoms with Gasteiger partial charge in [-0.25, -0.2) is 0 Å². The van der Waals surface area contributed by atoms with Crippen molar-refractivity contribution in [2.75, 3.05) is 0 Å². The Balaban J connectivity index is 2.22. The van der Waals surface area contributed by atoms with Gasteiger partial charge in [-0.15, -0.1) is 0 Å². The fraction of sp³-hybridized carbons (Fsp3) is 0.300. The van der Waals surface area contributed by atoms with Crippen LogP contribution in [0.2, 0.25) is 0 Å². The Hall–Kier alpha value is -3.20. The second kappa shape index (κ2) is 6.26. The third kappa shape index (κ3) is 3.16. The van der Waals surface area contributed by atoms with Gasteiger partial charge in [0.05, 0.1) is 6.42 Å². The molecule has 0 spiro atoms. The molecule has 1 aliphatic carbocycles. The van der Waals surface area contributed by atoms with Gasteiger partial charge in [0.2, 0.25) is 0 Å². The second-order valence-electron chi connectivity index (χ2n) is 7.35. The maximum absolute atomic E-state index is 12.8. The van der Waals surface area contributed by atoms with Crippen molar-refractivity contribution in [1.29, 1.82) is 5.26 Å². The van der Waals surface area contributed by atoms with Crippen LogP contribution in [0.3, 0.4) is 0 Å². The molecular formula is C20H18N2O4. The van der Waals surface area contributed by atoms with Crippen LogP contribution in [0.15, 0.2) is 35.1 Å². The van der Waals surface area contributed by atoms with Crippen LogP contribution in [-0.4, -0.2) is 21.4 Å². The molecule has 0 aliphatic heterocycles. The fourth-order valence-electron chi connectivity index (χ4n) is 3.40. The molecule has 1 N–H and O–H groups in total. The summed E-state index contributed by atoms with van der Waals surface area (Å²) in [4.78, 5) is 36.2. The minimum Gasteiger partial charge on any atom is -0.481 e. The number of carbonyl (C=O) groups is 2. The SMILES string of the molecule is CC1(C)CC(=O)c2cc(C#N)c(=O)n(-c3ccc(CC(=O)O)cc3)c2C1. The Morgan fingerprint density at radius 3 is 2.46 bits per heavy atom. The third-order valence-electron chi connectivity index (χ3n) is 4.56. The van der Waals surface area contributed by atoms with Gasteiger partial charge in [-0.3, -0.25) is 19.0 Å². The van der Waals surface area contributed by atoms with Crippen LogP contribution in [0.1, 0.15) is 47.4 Å². The van der Waals surface area contributed by atoms with Gasteiger partial charge < -0.3 is 5.11 Å². The number of nitriles is 1. The zero-order valence-electron chi connectivity index (χ0n) is 14.6. The molecule has 1 aliphatic rings. The van der Waals surface area contributed by atoms with Crippen molar-refractivity contribution in [1.82, 2.24) is 4.57 Å². The van der Waals surface area contributed by atoms with Crippen molar-refractivity contribution in [3.05, 3.63) is 63.1 Å². The van der Waals surface area contributed by atoms with Crippen molar-refractivity contribution >= 4 is 11.8 Å². The molecule has 0 saturated heterocycles. The first-order valence-corrected chi connectivity index (χ1v) is 8.25. The molecule has 0 atom stereocenters. The highest BCUT2D eigenvalue weighted by molar-refractivity contribution is 5.99. The summed E-state index contributed by atoms with van der Waals surface area (Å²) in [6.07, 6.45) is 0.781. The summed E-state index contributed by atoms with van der Waals surface area (Å²) in [5, 5.41) is 18.2. The minimum atomic E-state index is -0.939. The Labute approximate surface area is 150 Å². The molecule has 0 fully saturated rings. The highest BCUT2D eigenvalue weighted by atomic mass is 16.4. The third-order valence-corrected chi connectivity index (χ3v) is 4.56. The summed E-state index contributed by atoms with van der Waals surface area (Å²) in [6.45, 7) is 3.94. The second-order valence-corrected chi connectivity index (χ2v) is 7.35. The number of aromatic nitrogens is 1. The Morgan fingerprint density at radius 2 is 1.88 bits per heavy atom. The van der Waals surface area contributed by atoms with Crippen LogP contribution in [0.5, 0.6) is 0 Å². The molecule has 6 heteroatoms. The summed E-state index contributed by atoms with van der Waals surface area (Å²) in [5.74, 6) is -1.02. The van der Waals surface area contributed by atoms with Crippen LogP contribution in [-0.2, 0) is 17.6 Å². The van der Waals surface area contributed by atoms with Crippen LogP contribution < -0.4 is 5.56 Å². The Kier molecular flexibility index (Phi) is 4.25. The standard InChI is InChI=1S/C20H18N2O4/c1-20(2)9-16-15(17(23)10-20)8-13(11-21)19(26)22(16)14-5-3-12(4-6-14)7-18(24)25/h3-6,8H,7,9-10H2,1-2H3,(H,24,25). The summed E-state index contributed by atoms with van der Waals surface area (Å²) in [5.41, 5.74) is 1.31. The average molecular weight is 350 g/mol. The van der Waals surface area contributed by atoms with Crippen LogP contribution in [0, 0.1) is 16.7 Å². The number of Topliss-reactive ketones (excluding diaryl/α,β-unsaturated/α-hetero) is 1. The lowest BCUT2D eigenvalue weighted by Gasteiger charge is -2.32. The normalized spacial score (nSPS) is 15.2. The Bertz CT molecular complexity index is 1010. The van der Waals surface area contributed by atoms with E-state index in [1.807, 2.05) is 19.9 Å². The molecule has 6 nitrogen and oxygen atoms in total. The molecule has 1 aromatic heterocycles. The number of nitrogens with zero attached hydrogens (tertiary/aromatic N) is 2. The van der Waals surface area contributed by atoms with Gasteiger partial charge in [0.1, 0.15) is 11.6 Å². The van der Waals surface area contributed by atoms with Crippen LogP contribution in [0.25, 0.3) is 5.69 Å². The van der Waals surface area contributed by atoms with Crippen molar-refractivity contribution in [3.63, 3.8) is 0 Å². The van der Waals surface area contributed by atoms with Gasteiger partial charge in [0, 0.05) is 23.4 Å². The number of hydrogen-bond donors (Lipinski definition) is 1. The van der Waals surface area contributed by atoms with Gasteiger partial charge in [-0.1, -0.05) is 26.0 Å². The molecule has 0 saturated carbocycles. The minimum absolute atomic E-state index is 0.0774. The predicted octanol–water partition coefficient (Wildman–Crippen LogP) is 2.49. The van der Waals surface area contributed by atoms with Gasteiger partial charge in [0.15, 0.2) is 5.78 Å². The van der Waals surface area contributed by atoms with E-state index in [0.717, 1.165) is 0 Å². The number of carbonyl (C=O) groups excluding carboxylic acids is 1. The maximum Gasteiger partial charge on any atom is 0.307 e. The molecule has 0 unspecified atom stereocenters. The Morgan fingerprint density at radius 1 is 1.23 bits per heavy atom. The molecule has 3 rings (SSSR count). The number of carboxylic acid groups (broad SMARTS) is 1. The van der Waals surface area contributed by atoms with E-state index in [-0.39, 0.29) is 23.2 Å². The average Bonchev–Trinajstić information content (AvgIpc) is 2.54. The molecule has 0 radical (unpaired) electrons. The molecule has 132 valence electrons. The van der Waals surface area contributed by atoms with Crippen LogP contribution in [0.4, 0.5) is 0 Å². The lowest BCUT2D eigenvalue weighted by molar-refractivity contribution is -0.136. The van der Waals surface area contributed by atoms with E-state index in [4.69, 9.17) is 5.11 Å². The van der Waals surface area contributed by atoms with Crippen LogP contribution >= 0.6 is 0 Å². The highest BCUT2D eigenvalue weighted by Crippen LogP contribution is 2.35. The number of benzene rings is 1. The topological polar surface area (TPSA) is 100 Å². The van der Waals surface area contributed by atoms with Crippen molar-refractivity contribution < 1.29 is 14.7 Å². The van der Waals surface area contributed by atoms with E-state index in [2.05, 4.69) is 0 Å². The van der Waals surface area contributed by atoms with Crippen molar-refractivity contribution in [2.45, 2.75) is 33.1 Å². The first kappa shape index (κ1) is 17.6. The quantitative estimate of drug-likeness (QED) is 0.916. The number of hydrogen-bond acceptors (Lipinski definition) is 4. The summed E-state index contributed by atoms with van der Waals surface area (Å²) >= 11 is 0. The molecule has 0 bridgehead atoms. The molecule has 26 heavy (non-hydrogen) atoms. The molecule has 1 aromatic carbocycles. The largest absolute Gasteiger partial charge is 0.481 e. The highest BCUT2D eigenvalue weighted by Gasteiger charge is 2.34. The lowest BCUT2D eigenvalue weighted by Crippen LogP contribution is -2.35. The number of aliphatic carboxylic acids is 1. The maximum atomic E-state index is 12.8. The smallest absolute Gasteiger partial charge is 0.307 e. The van der Waals surface area contributed by atoms with Gasteiger partial charge >= 0.3 is 5.97 Å². The monoisotopic (exact) mass is 350 g/mol. The first-order valence-electron chi connectivity index (χ1n) is 8.25. The van der Waals surface area contributed by atoms with Gasteiger partial charge in [-0.05, 0) is 35.6 Å². The molecule has 0 amide bonds. The zero-order valence-corrected chi connectivity index (χ0v) is 14.6. The van der Waals surface area contributed by atoms with E-state index in [9.17, 15) is 19.6 Å². The number of fused-ring (bicyclic) bond motifs is 1. The van der Waals surface area contributed by atoms with Gasteiger partial charge in [0.25, 0.3) is 5.56 Å². The van der Waals surface area contributed by atoms with Crippen molar-refractivity contribution in [2.24, 2.45) is 5.41 Å². The molecule has 1 heterocycles. The van der Waals surface area contributed by atoms with E-state index in [0.29, 0.717) is 35.3 Å². The van der Waals surface area contributed by atoms with E-state index in [1.165, 1.54) is 10.6 Å². The summed E-state index contributed by atoms with van der Waals surface area (Å²) in [7, 11) is 0. The van der Waals surface area contributed by atoms with E-state index < -0.39 is 11.5 Å². The molecule has 2 aromatic rings. The number of carboxylic acids is 1. The number of ketones is 1. The number of pyridine rings is 1.